The second-order valence-corrected chi connectivity index (χ2v) is 8.73. The van der Waals surface area contributed by atoms with Crippen molar-refractivity contribution in [1.29, 1.82) is 0 Å². The van der Waals surface area contributed by atoms with Gasteiger partial charge >= 0.3 is 0 Å². The summed E-state index contributed by atoms with van der Waals surface area (Å²) in [5.41, 5.74) is 10.9. The molecule has 164 valence electrons. The van der Waals surface area contributed by atoms with Crippen LogP contribution in [-0.4, -0.2) is 9.97 Å². The molecule has 4 aromatic carbocycles. The summed E-state index contributed by atoms with van der Waals surface area (Å²) in [7, 11) is 0. The molecule has 2 heterocycles. The van der Waals surface area contributed by atoms with Crippen LogP contribution in [0.5, 0.6) is 0 Å². The molecule has 1 aliphatic carbocycles. The summed E-state index contributed by atoms with van der Waals surface area (Å²) in [6, 6.07) is 36.8. The Kier molecular flexibility index (Phi) is 4.46. The van der Waals surface area contributed by atoms with Crippen molar-refractivity contribution >= 4 is 27.8 Å². The van der Waals surface area contributed by atoms with E-state index in [0.29, 0.717) is 0 Å². The first kappa shape index (κ1) is 19.7. The van der Waals surface area contributed by atoms with Gasteiger partial charge in [0.1, 0.15) is 0 Å². The molecule has 1 aliphatic rings. The number of pyridine rings is 2. The Balaban J connectivity index is 1.34. The number of anilines is 3. The third-order valence-corrected chi connectivity index (χ3v) is 6.81. The fraction of sp³-hybridized carbons (Fsp3) is 0. The van der Waals surface area contributed by atoms with Crippen molar-refractivity contribution in [2.45, 2.75) is 0 Å². The zero-order valence-corrected chi connectivity index (χ0v) is 19.0. The van der Waals surface area contributed by atoms with Crippen LogP contribution in [0.4, 0.5) is 17.1 Å². The smallest absolute Gasteiger partial charge is 0.0644 e. The molecule has 2 aromatic heterocycles. The first-order valence-electron chi connectivity index (χ1n) is 11.7. The SMILES string of the molecule is c1cncc(N(c2ccncc2)c2ccc(-c3ccc4c5c(cccc35)-c3ccccc3-4)cc2)c1. The van der Waals surface area contributed by atoms with E-state index in [9.17, 15) is 0 Å². The zero-order valence-electron chi connectivity index (χ0n) is 19.0. The second-order valence-electron chi connectivity index (χ2n) is 8.73. The standard InChI is InChI=1S/C32H21N3/c1-2-7-28-27(6-1)30-9-3-8-29-26(14-15-31(28)32(29)30)22-10-12-23(13-11-22)35(24-16-19-33-20-17-24)25-5-4-18-34-21-25/h1-21H. The van der Waals surface area contributed by atoms with Crippen LogP contribution in [0.25, 0.3) is 44.2 Å². The van der Waals surface area contributed by atoms with Crippen LogP contribution in [0, 0.1) is 0 Å². The fourth-order valence-corrected chi connectivity index (χ4v) is 5.28. The van der Waals surface area contributed by atoms with E-state index in [2.05, 4.69) is 99.8 Å². The highest BCUT2D eigenvalue weighted by molar-refractivity contribution is 6.18. The van der Waals surface area contributed by atoms with E-state index in [1.165, 1.54) is 44.2 Å². The molecule has 0 saturated carbocycles. The molecule has 6 aromatic rings. The summed E-state index contributed by atoms with van der Waals surface area (Å²) in [5.74, 6) is 0. The molecule has 3 heteroatoms. The molecule has 0 fully saturated rings. The molecule has 7 rings (SSSR count). The normalized spacial score (nSPS) is 11.4. The third kappa shape index (κ3) is 3.13. The first-order valence-corrected chi connectivity index (χ1v) is 11.7. The Bertz CT molecular complexity index is 1610. The van der Waals surface area contributed by atoms with Gasteiger partial charge in [0, 0.05) is 30.0 Å². The van der Waals surface area contributed by atoms with Crippen molar-refractivity contribution in [2.24, 2.45) is 0 Å². The van der Waals surface area contributed by atoms with E-state index in [1.54, 1.807) is 6.20 Å². The van der Waals surface area contributed by atoms with Gasteiger partial charge in [-0.2, -0.15) is 0 Å². The Hall–Kier alpha value is -4.76. The topological polar surface area (TPSA) is 29.0 Å². The van der Waals surface area contributed by atoms with E-state index in [0.717, 1.165) is 17.1 Å². The van der Waals surface area contributed by atoms with Crippen LogP contribution in [0.3, 0.4) is 0 Å². The molecule has 0 aliphatic heterocycles. The Morgan fingerprint density at radius 1 is 0.429 bits per heavy atom. The Labute approximate surface area is 204 Å². The molecular formula is C32H21N3. The van der Waals surface area contributed by atoms with Crippen LogP contribution >= 0.6 is 0 Å². The van der Waals surface area contributed by atoms with Gasteiger partial charge in [0.25, 0.3) is 0 Å². The van der Waals surface area contributed by atoms with Crippen LogP contribution in [0.15, 0.2) is 128 Å². The molecular weight excluding hydrogens is 426 g/mol. The molecule has 0 spiro atoms. The number of benzene rings is 4. The predicted molar refractivity (Wildman–Crippen MR) is 144 cm³/mol. The lowest BCUT2D eigenvalue weighted by Crippen LogP contribution is -2.10. The Morgan fingerprint density at radius 2 is 1.11 bits per heavy atom. The van der Waals surface area contributed by atoms with E-state index < -0.39 is 0 Å². The van der Waals surface area contributed by atoms with Gasteiger partial charge in [-0.1, -0.05) is 66.7 Å². The van der Waals surface area contributed by atoms with Gasteiger partial charge in [-0.15, -0.1) is 0 Å². The highest BCUT2D eigenvalue weighted by Crippen LogP contribution is 2.49. The molecule has 0 radical (unpaired) electrons. The molecule has 0 bridgehead atoms. The number of fused-ring (bicyclic) bond motifs is 3. The quantitative estimate of drug-likeness (QED) is 0.271. The number of hydrogen-bond acceptors (Lipinski definition) is 3. The van der Waals surface area contributed by atoms with Crippen molar-refractivity contribution in [3.63, 3.8) is 0 Å². The highest BCUT2D eigenvalue weighted by Gasteiger charge is 2.22. The minimum Gasteiger partial charge on any atom is -0.309 e. The van der Waals surface area contributed by atoms with Gasteiger partial charge < -0.3 is 4.90 Å². The van der Waals surface area contributed by atoms with Crippen LogP contribution in [0.1, 0.15) is 0 Å². The maximum Gasteiger partial charge on any atom is 0.0644 e. The average Bonchev–Trinajstić information content (AvgIpc) is 3.26. The van der Waals surface area contributed by atoms with Gasteiger partial charge in [0.15, 0.2) is 0 Å². The molecule has 0 unspecified atom stereocenters. The summed E-state index contributed by atoms with van der Waals surface area (Å²) in [6.45, 7) is 0. The van der Waals surface area contributed by atoms with Crippen LogP contribution < -0.4 is 4.90 Å². The second kappa shape index (κ2) is 7.93. The summed E-state index contributed by atoms with van der Waals surface area (Å²) in [5, 5.41) is 2.64. The third-order valence-electron chi connectivity index (χ3n) is 6.81. The van der Waals surface area contributed by atoms with E-state index in [4.69, 9.17) is 0 Å². The lowest BCUT2D eigenvalue weighted by Gasteiger charge is -2.25. The maximum absolute atomic E-state index is 4.34. The highest BCUT2D eigenvalue weighted by atomic mass is 15.1. The predicted octanol–water partition coefficient (Wildman–Crippen LogP) is 8.41. The number of aromatic nitrogens is 2. The summed E-state index contributed by atoms with van der Waals surface area (Å²) < 4.78 is 0. The van der Waals surface area contributed by atoms with Crippen molar-refractivity contribution < 1.29 is 0 Å². The lowest BCUT2D eigenvalue weighted by molar-refractivity contribution is 1.21. The van der Waals surface area contributed by atoms with E-state index >= 15 is 0 Å². The largest absolute Gasteiger partial charge is 0.309 e. The number of hydrogen-bond donors (Lipinski definition) is 0. The molecule has 0 saturated heterocycles. The monoisotopic (exact) mass is 447 g/mol. The van der Waals surface area contributed by atoms with Crippen LogP contribution in [0.2, 0.25) is 0 Å². The van der Waals surface area contributed by atoms with Crippen molar-refractivity contribution in [3.05, 3.63) is 128 Å². The van der Waals surface area contributed by atoms with Gasteiger partial charge in [-0.3, -0.25) is 9.97 Å². The van der Waals surface area contributed by atoms with E-state index in [1.807, 2.05) is 36.8 Å². The van der Waals surface area contributed by atoms with Crippen LogP contribution in [-0.2, 0) is 0 Å². The molecule has 35 heavy (non-hydrogen) atoms. The summed E-state index contributed by atoms with van der Waals surface area (Å²) in [4.78, 5) is 10.7. The van der Waals surface area contributed by atoms with Crippen molar-refractivity contribution in [1.82, 2.24) is 9.97 Å². The average molecular weight is 448 g/mol. The summed E-state index contributed by atoms with van der Waals surface area (Å²) in [6.07, 6.45) is 7.32. The van der Waals surface area contributed by atoms with E-state index in [-0.39, 0.29) is 0 Å². The van der Waals surface area contributed by atoms with Crippen molar-refractivity contribution in [2.75, 3.05) is 4.90 Å². The Morgan fingerprint density at radius 3 is 1.86 bits per heavy atom. The molecule has 0 N–H and O–H groups in total. The number of nitrogens with zero attached hydrogens (tertiary/aromatic N) is 3. The van der Waals surface area contributed by atoms with Crippen molar-refractivity contribution in [3.8, 4) is 33.4 Å². The van der Waals surface area contributed by atoms with Gasteiger partial charge in [0.2, 0.25) is 0 Å². The molecule has 0 atom stereocenters. The summed E-state index contributed by atoms with van der Waals surface area (Å²) >= 11 is 0. The maximum atomic E-state index is 4.34. The fourth-order valence-electron chi connectivity index (χ4n) is 5.28. The first-order chi connectivity index (χ1) is 17.4. The minimum absolute atomic E-state index is 1.01. The zero-order chi connectivity index (χ0) is 23.2. The molecule has 3 nitrogen and oxygen atoms in total. The van der Waals surface area contributed by atoms with Gasteiger partial charge in [0.05, 0.1) is 11.9 Å². The van der Waals surface area contributed by atoms with Gasteiger partial charge in [-0.05, 0) is 80.6 Å². The minimum atomic E-state index is 1.01. The molecule has 0 amide bonds. The number of rotatable bonds is 4. The lowest BCUT2D eigenvalue weighted by atomic mass is 9.94. The van der Waals surface area contributed by atoms with Gasteiger partial charge in [-0.25, -0.2) is 0 Å².